The van der Waals surface area contributed by atoms with Gasteiger partial charge in [-0.05, 0) is 17.7 Å². The van der Waals surface area contributed by atoms with Crippen LogP contribution in [0.25, 0.3) is 0 Å². The molecule has 0 spiro atoms. The van der Waals surface area contributed by atoms with Gasteiger partial charge in [0.1, 0.15) is 0 Å². The highest BCUT2D eigenvalue weighted by Crippen LogP contribution is 2.10. The fraction of sp³-hybridized carbons (Fsp3) is 0.182. The first kappa shape index (κ1) is 12.4. The number of rotatable bonds is 4. The number of carbonyl (C=O) groups is 1. The number of hydrogen-bond donors (Lipinski definition) is 2. The van der Waals surface area contributed by atoms with Crippen LogP contribution >= 0.6 is 11.6 Å². The number of benzene rings is 1. The molecule has 18 heavy (non-hydrogen) atoms. The molecule has 1 aromatic heterocycles. The van der Waals surface area contributed by atoms with Crippen molar-refractivity contribution < 1.29 is 9.53 Å². The van der Waals surface area contributed by atoms with Gasteiger partial charge in [0.25, 0.3) is 5.91 Å². The number of ether oxygens (including phenoxy) is 1. The normalized spacial score (nSPS) is 10.1. The van der Waals surface area contributed by atoms with Gasteiger partial charge in [-0.15, -0.1) is 16.7 Å². The predicted octanol–water partition coefficient (Wildman–Crippen LogP) is 1.80. The molecule has 0 atom stereocenters. The number of amides is 1. The summed E-state index contributed by atoms with van der Waals surface area (Å²) >= 11 is 5.71. The number of aromatic nitrogens is 3. The third kappa shape index (κ3) is 2.78. The largest absolute Gasteiger partial charge is 0.466 e. The topological polar surface area (TPSA) is 79.9 Å². The van der Waals surface area contributed by atoms with Crippen LogP contribution in [0.2, 0.25) is 0 Å². The number of nitrogens with zero attached hydrogens (tertiary/aromatic N) is 2. The van der Waals surface area contributed by atoms with Gasteiger partial charge < -0.3 is 4.74 Å². The Labute approximate surface area is 108 Å². The Morgan fingerprint density at radius 2 is 2.39 bits per heavy atom. The summed E-state index contributed by atoms with van der Waals surface area (Å²) in [4.78, 5) is 15.8. The van der Waals surface area contributed by atoms with Crippen molar-refractivity contribution in [3.05, 3.63) is 35.4 Å². The minimum atomic E-state index is -0.291. The number of H-pyrrole nitrogens is 1. The smallest absolute Gasteiger partial charge is 0.336 e. The molecule has 7 heteroatoms. The van der Waals surface area contributed by atoms with Crippen molar-refractivity contribution in [2.45, 2.75) is 5.88 Å². The van der Waals surface area contributed by atoms with Crippen molar-refractivity contribution in [1.29, 1.82) is 0 Å². The molecule has 0 bridgehead atoms. The second kappa shape index (κ2) is 5.50. The van der Waals surface area contributed by atoms with Crippen molar-refractivity contribution in [2.75, 3.05) is 12.4 Å². The van der Waals surface area contributed by atoms with E-state index >= 15 is 0 Å². The summed E-state index contributed by atoms with van der Waals surface area (Å²) in [7, 11) is 1.44. The van der Waals surface area contributed by atoms with Crippen LogP contribution in [-0.4, -0.2) is 28.2 Å². The van der Waals surface area contributed by atoms with Crippen LogP contribution in [0, 0.1) is 0 Å². The van der Waals surface area contributed by atoms with Gasteiger partial charge in [-0.3, -0.25) is 10.1 Å². The van der Waals surface area contributed by atoms with Crippen LogP contribution in [0.3, 0.4) is 0 Å². The summed E-state index contributed by atoms with van der Waals surface area (Å²) < 4.78 is 4.80. The van der Waals surface area contributed by atoms with Gasteiger partial charge in [-0.1, -0.05) is 12.1 Å². The number of methoxy groups -OCH3 is 1. The van der Waals surface area contributed by atoms with Crippen molar-refractivity contribution in [1.82, 2.24) is 15.2 Å². The number of nitrogens with one attached hydrogen (secondary N) is 2. The van der Waals surface area contributed by atoms with Crippen molar-refractivity contribution in [3.63, 3.8) is 0 Å². The van der Waals surface area contributed by atoms with E-state index in [0.29, 0.717) is 11.4 Å². The van der Waals surface area contributed by atoms with Gasteiger partial charge in [0.2, 0.25) is 5.95 Å². The molecule has 1 aromatic carbocycles. The van der Waals surface area contributed by atoms with E-state index in [1.54, 1.807) is 18.2 Å². The minimum Gasteiger partial charge on any atom is -0.466 e. The van der Waals surface area contributed by atoms with E-state index in [4.69, 9.17) is 16.3 Å². The second-order valence-electron chi connectivity index (χ2n) is 3.46. The lowest BCUT2D eigenvalue weighted by atomic mass is 10.1. The summed E-state index contributed by atoms with van der Waals surface area (Å²) in [5.41, 5.74) is 1.38. The fourth-order valence-corrected chi connectivity index (χ4v) is 1.54. The lowest BCUT2D eigenvalue weighted by Gasteiger charge is -2.02. The Bertz CT molecular complexity index is 555. The molecule has 0 saturated heterocycles. The molecule has 0 unspecified atom stereocenters. The number of aromatic amines is 1. The standard InChI is InChI=1S/C11H11ClN4O2/c1-18-11-14-10(15-16-11)13-9(17)8-4-2-3-7(5-8)6-12/h2-5H,6H2,1H3,(H2,13,14,15,16,17). The van der Waals surface area contributed by atoms with E-state index in [-0.39, 0.29) is 17.9 Å². The summed E-state index contributed by atoms with van der Waals surface area (Å²) in [5.74, 6) is 0.297. The zero-order chi connectivity index (χ0) is 13.0. The van der Waals surface area contributed by atoms with E-state index in [2.05, 4.69) is 20.5 Å². The van der Waals surface area contributed by atoms with Gasteiger partial charge in [0, 0.05) is 11.4 Å². The summed E-state index contributed by atoms with van der Waals surface area (Å²) in [5, 5.41) is 8.84. The fourth-order valence-electron chi connectivity index (χ4n) is 1.37. The molecule has 0 aliphatic carbocycles. The molecule has 0 radical (unpaired) electrons. The zero-order valence-corrected chi connectivity index (χ0v) is 10.4. The quantitative estimate of drug-likeness (QED) is 0.827. The van der Waals surface area contributed by atoms with Gasteiger partial charge in [0.15, 0.2) is 0 Å². The Morgan fingerprint density at radius 1 is 1.56 bits per heavy atom. The minimum absolute atomic E-state index is 0.166. The average Bonchev–Trinajstić information content (AvgIpc) is 2.86. The first-order valence-electron chi connectivity index (χ1n) is 5.15. The predicted molar refractivity (Wildman–Crippen MR) is 66.9 cm³/mol. The third-order valence-electron chi connectivity index (χ3n) is 2.22. The maximum atomic E-state index is 11.9. The molecule has 0 saturated carbocycles. The van der Waals surface area contributed by atoms with E-state index in [1.165, 1.54) is 7.11 Å². The van der Waals surface area contributed by atoms with E-state index < -0.39 is 0 Å². The Balaban J connectivity index is 2.11. The second-order valence-corrected chi connectivity index (χ2v) is 3.73. The molecule has 0 aliphatic rings. The maximum Gasteiger partial charge on any atom is 0.336 e. The van der Waals surface area contributed by atoms with Gasteiger partial charge in [-0.25, -0.2) is 5.10 Å². The molecular formula is C11H11ClN4O2. The number of alkyl halides is 1. The molecule has 1 heterocycles. The molecule has 2 aromatic rings. The molecule has 1 amide bonds. The monoisotopic (exact) mass is 266 g/mol. The Kier molecular flexibility index (Phi) is 3.78. The van der Waals surface area contributed by atoms with Crippen LogP contribution in [0.1, 0.15) is 15.9 Å². The summed E-state index contributed by atoms with van der Waals surface area (Å²) in [6.45, 7) is 0. The molecule has 0 fully saturated rings. The third-order valence-corrected chi connectivity index (χ3v) is 2.53. The molecule has 0 aliphatic heterocycles. The van der Waals surface area contributed by atoms with Gasteiger partial charge in [0.05, 0.1) is 7.11 Å². The van der Waals surface area contributed by atoms with Crippen LogP contribution < -0.4 is 10.1 Å². The van der Waals surface area contributed by atoms with Crippen molar-refractivity contribution >= 4 is 23.5 Å². The number of anilines is 1. The Morgan fingerprint density at radius 3 is 3.06 bits per heavy atom. The molecule has 6 nitrogen and oxygen atoms in total. The number of halogens is 1. The lowest BCUT2D eigenvalue weighted by Crippen LogP contribution is -2.13. The summed E-state index contributed by atoms with van der Waals surface area (Å²) in [6.07, 6.45) is 0. The highest BCUT2D eigenvalue weighted by atomic mass is 35.5. The van der Waals surface area contributed by atoms with E-state index in [0.717, 1.165) is 5.56 Å². The van der Waals surface area contributed by atoms with E-state index in [9.17, 15) is 4.79 Å². The van der Waals surface area contributed by atoms with Gasteiger partial charge in [-0.2, -0.15) is 4.98 Å². The van der Waals surface area contributed by atoms with Crippen LogP contribution in [0.15, 0.2) is 24.3 Å². The highest BCUT2D eigenvalue weighted by molar-refractivity contribution is 6.17. The summed E-state index contributed by atoms with van der Waals surface area (Å²) in [6, 6.07) is 7.20. The van der Waals surface area contributed by atoms with Crippen molar-refractivity contribution in [3.8, 4) is 6.01 Å². The average molecular weight is 267 g/mol. The molecule has 2 rings (SSSR count). The van der Waals surface area contributed by atoms with Crippen LogP contribution in [-0.2, 0) is 5.88 Å². The number of carbonyl (C=O) groups excluding carboxylic acids is 1. The first-order valence-corrected chi connectivity index (χ1v) is 5.69. The molecular weight excluding hydrogens is 256 g/mol. The van der Waals surface area contributed by atoms with Crippen LogP contribution in [0.4, 0.5) is 5.95 Å². The SMILES string of the molecule is COc1n[nH]c(NC(=O)c2cccc(CCl)c2)n1. The van der Waals surface area contributed by atoms with E-state index in [1.807, 2.05) is 6.07 Å². The first-order chi connectivity index (χ1) is 8.72. The lowest BCUT2D eigenvalue weighted by molar-refractivity contribution is 0.102. The Hall–Kier alpha value is -2.08. The van der Waals surface area contributed by atoms with Crippen molar-refractivity contribution in [2.24, 2.45) is 0 Å². The zero-order valence-electron chi connectivity index (χ0n) is 9.61. The maximum absolute atomic E-state index is 11.9. The van der Waals surface area contributed by atoms with Crippen LogP contribution in [0.5, 0.6) is 6.01 Å². The molecule has 94 valence electrons. The highest BCUT2D eigenvalue weighted by Gasteiger charge is 2.09. The number of hydrogen-bond acceptors (Lipinski definition) is 4. The molecule has 2 N–H and O–H groups in total. The van der Waals surface area contributed by atoms with Gasteiger partial charge >= 0.3 is 6.01 Å².